The summed E-state index contributed by atoms with van der Waals surface area (Å²) in [6.07, 6.45) is 0. The van der Waals surface area contributed by atoms with Gasteiger partial charge in [-0.2, -0.15) is 0 Å². The molecule has 0 spiro atoms. The number of nitro groups is 1. The average Bonchev–Trinajstić information content (AvgIpc) is 2.50. The Morgan fingerprint density at radius 1 is 1.27 bits per heavy atom. The fourth-order valence-electron chi connectivity index (χ4n) is 1.70. The van der Waals surface area contributed by atoms with Crippen LogP contribution in [0.5, 0.6) is 17.2 Å². The molecule has 0 bridgehead atoms. The molecular weight excluding hydrogens is 292 g/mol. The second-order valence-corrected chi connectivity index (χ2v) is 4.25. The first-order valence-corrected chi connectivity index (χ1v) is 6.05. The van der Waals surface area contributed by atoms with E-state index in [1.54, 1.807) is 0 Å². The maximum atomic E-state index is 11.3. The van der Waals surface area contributed by atoms with Crippen LogP contribution in [0.1, 0.15) is 10.4 Å². The predicted molar refractivity (Wildman–Crippen MR) is 77.0 cm³/mol. The Labute approximate surface area is 124 Å². The molecule has 0 atom stereocenters. The van der Waals surface area contributed by atoms with E-state index >= 15 is 0 Å². The van der Waals surface area contributed by atoms with Gasteiger partial charge in [0.2, 0.25) is 5.75 Å². The van der Waals surface area contributed by atoms with Gasteiger partial charge >= 0.3 is 11.7 Å². The van der Waals surface area contributed by atoms with Crippen LogP contribution in [0.2, 0.25) is 0 Å². The van der Waals surface area contributed by atoms with Crippen LogP contribution in [0, 0.1) is 10.1 Å². The fraction of sp³-hybridized carbons (Fsp3) is 0.0714. The van der Waals surface area contributed by atoms with Crippen LogP contribution in [-0.2, 0) is 4.74 Å². The number of phenols is 1. The summed E-state index contributed by atoms with van der Waals surface area (Å²) in [4.78, 5) is 21.6. The lowest BCUT2D eigenvalue weighted by atomic mass is 10.2. The summed E-state index contributed by atoms with van der Waals surface area (Å²) in [6, 6.07) is 7.89. The number of esters is 1. The molecular formula is C14H12N2O6. The topological polar surface area (TPSA) is 125 Å². The number of aromatic hydroxyl groups is 1. The minimum atomic E-state index is -0.697. The molecule has 0 aliphatic rings. The van der Waals surface area contributed by atoms with E-state index in [-0.39, 0.29) is 17.2 Å². The molecule has 8 heteroatoms. The van der Waals surface area contributed by atoms with Gasteiger partial charge in [-0.05, 0) is 24.3 Å². The van der Waals surface area contributed by atoms with Crippen molar-refractivity contribution < 1.29 is 24.3 Å². The number of carbonyl (C=O) groups is 1. The van der Waals surface area contributed by atoms with Crippen LogP contribution in [0.3, 0.4) is 0 Å². The number of benzene rings is 2. The van der Waals surface area contributed by atoms with E-state index in [1.807, 2.05) is 0 Å². The van der Waals surface area contributed by atoms with Crippen LogP contribution in [0.15, 0.2) is 36.4 Å². The normalized spacial score (nSPS) is 10.0. The van der Waals surface area contributed by atoms with E-state index in [1.165, 1.54) is 31.4 Å². The Bertz CT molecular complexity index is 727. The zero-order chi connectivity index (χ0) is 16.3. The molecule has 0 aliphatic carbocycles. The number of phenolic OH excluding ortho intramolecular Hbond substituents is 1. The van der Waals surface area contributed by atoms with Crippen molar-refractivity contribution in [3.05, 3.63) is 52.1 Å². The number of ether oxygens (including phenoxy) is 2. The minimum absolute atomic E-state index is 0.0493. The summed E-state index contributed by atoms with van der Waals surface area (Å²) in [5.41, 5.74) is 5.35. The number of carbonyl (C=O) groups excluding carboxylic acids is 1. The van der Waals surface area contributed by atoms with Gasteiger partial charge in [-0.3, -0.25) is 10.1 Å². The standard InChI is InChI=1S/C14H12N2O6/c1-21-14(18)8-2-4-9(5-3-8)22-13-6-10(15)12(17)7-11(13)16(19)20/h2-7,17H,15H2,1H3. The van der Waals surface area contributed by atoms with Gasteiger partial charge in [-0.25, -0.2) is 4.79 Å². The molecule has 8 nitrogen and oxygen atoms in total. The number of nitrogen functional groups attached to an aromatic ring is 1. The first-order chi connectivity index (χ1) is 10.4. The number of hydrogen-bond donors (Lipinski definition) is 2. The third-order valence-corrected chi connectivity index (χ3v) is 2.81. The number of nitrogens with zero attached hydrogens (tertiary/aromatic N) is 1. The van der Waals surface area contributed by atoms with Gasteiger partial charge in [0.05, 0.1) is 29.4 Å². The molecule has 0 fully saturated rings. The maximum Gasteiger partial charge on any atom is 0.337 e. The molecule has 0 saturated carbocycles. The quantitative estimate of drug-likeness (QED) is 0.292. The van der Waals surface area contributed by atoms with Crippen molar-refractivity contribution in [3.8, 4) is 17.2 Å². The molecule has 0 aromatic heterocycles. The molecule has 2 rings (SSSR count). The summed E-state index contributed by atoms with van der Waals surface area (Å²) >= 11 is 0. The van der Waals surface area contributed by atoms with E-state index in [4.69, 9.17) is 10.5 Å². The Balaban J connectivity index is 2.32. The van der Waals surface area contributed by atoms with E-state index in [9.17, 15) is 20.0 Å². The Kier molecular flexibility index (Phi) is 4.12. The molecule has 2 aromatic carbocycles. The van der Waals surface area contributed by atoms with Gasteiger partial charge < -0.3 is 20.3 Å². The van der Waals surface area contributed by atoms with Gasteiger partial charge in [0.25, 0.3) is 0 Å². The molecule has 3 N–H and O–H groups in total. The lowest BCUT2D eigenvalue weighted by molar-refractivity contribution is -0.385. The van der Waals surface area contributed by atoms with Crippen molar-refractivity contribution >= 4 is 17.3 Å². The largest absolute Gasteiger partial charge is 0.506 e. The van der Waals surface area contributed by atoms with Crippen LogP contribution in [0.25, 0.3) is 0 Å². The van der Waals surface area contributed by atoms with Crippen LogP contribution in [-0.4, -0.2) is 23.1 Å². The SMILES string of the molecule is COC(=O)c1ccc(Oc2cc(N)c(O)cc2[N+](=O)[O-])cc1. The van der Waals surface area contributed by atoms with Crippen molar-refractivity contribution in [1.82, 2.24) is 0 Å². The maximum absolute atomic E-state index is 11.3. The number of rotatable bonds is 4. The van der Waals surface area contributed by atoms with E-state index < -0.39 is 22.3 Å². The van der Waals surface area contributed by atoms with Crippen molar-refractivity contribution in [1.29, 1.82) is 0 Å². The van der Waals surface area contributed by atoms with Crippen molar-refractivity contribution in [2.75, 3.05) is 12.8 Å². The van der Waals surface area contributed by atoms with Gasteiger partial charge in [0, 0.05) is 6.07 Å². The van der Waals surface area contributed by atoms with Gasteiger partial charge in [0.1, 0.15) is 11.5 Å². The lowest BCUT2D eigenvalue weighted by Crippen LogP contribution is -2.00. The van der Waals surface area contributed by atoms with Crippen LogP contribution < -0.4 is 10.5 Å². The second-order valence-electron chi connectivity index (χ2n) is 4.25. The average molecular weight is 304 g/mol. The molecule has 0 radical (unpaired) electrons. The van der Waals surface area contributed by atoms with E-state index in [0.29, 0.717) is 5.56 Å². The molecule has 0 amide bonds. The highest BCUT2D eigenvalue weighted by Crippen LogP contribution is 2.37. The minimum Gasteiger partial charge on any atom is -0.506 e. The molecule has 0 aliphatic heterocycles. The number of nitro benzene ring substituents is 1. The Morgan fingerprint density at radius 2 is 1.91 bits per heavy atom. The third-order valence-electron chi connectivity index (χ3n) is 2.81. The lowest BCUT2D eigenvalue weighted by Gasteiger charge is -2.08. The summed E-state index contributed by atoms with van der Waals surface area (Å²) in [5, 5.41) is 20.4. The summed E-state index contributed by atoms with van der Waals surface area (Å²) in [6.45, 7) is 0. The van der Waals surface area contributed by atoms with Gasteiger partial charge in [0.15, 0.2) is 0 Å². The molecule has 2 aromatic rings. The van der Waals surface area contributed by atoms with Crippen molar-refractivity contribution in [2.45, 2.75) is 0 Å². The van der Waals surface area contributed by atoms with Crippen LogP contribution in [0.4, 0.5) is 11.4 Å². The third kappa shape index (κ3) is 3.06. The van der Waals surface area contributed by atoms with E-state index in [0.717, 1.165) is 12.1 Å². The Hall–Kier alpha value is -3.29. The predicted octanol–water partition coefficient (Wildman–Crippen LogP) is 2.46. The summed E-state index contributed by atoms with van der Waals surface area (Å²) in [7, 11) is 1.26. The highest BCUT2D eigenvalue weighted by atomic mass is 16.6. The van der Waals surface area contributed by atoms with Crippen molar-refractivity contribution in [3.63, 3.8) is 0 Å². The van der Waals surface area contributed by atoms with Gasteiger partial charge in [-0.1, -0.05) is 0 Å². The Morgan fingerprint density at radius 3 is 2.45 bits per heavy atom. The highest BCUT2D eigenvalue weighted by molar-refractivity contribution is 5.89. The van der Waals surface area contributed by atoms with Crippen molar-refractivity contribution in [2.24, 2.45) is 0 Å². The smallest absolute Gasteiger partial charge is 0.337 e. The number of anilines is 1. The molecule has 22 heavy (non-hydrogen) atoms. The summed E-state index contributed by atoms with van der Waals surface area (Å²) in [5.74, 6) is -0.765. The molecule has 0 saturated heterocycles. The van der Waals surface area contributed by atoms with Gasteiger partial charge in [-0.15, -0.1) is 0 Å². The first-order valence-electron chi connectivity index (χ1n) is 6.05. The highest BCUT2D eigenvalue weighted by Gasteiger charge is 2.19. The van der Waals surface area contributed by atoms with E-state index in [2.05, 4.69) is 4.74 Å². The number of nitrogens with two attached hydrogens (primary N) is 1. The molecule has 0 unspecified atom stereocenters. The monoisotopic (exact) mass is 304 g/mol. The number of hydrogen-bond acceptors (Lipinski definition) is 7. The number of methoxy groups -OCH3 is 1. The first kappa shape index (κ1) is 15.1. The second kappa shape index (κ2) is 6.00. The zero-order valence-corrected chi connectivity index (χ0v) is 11.5. The summed E-state index contributed by atoms with van der Waals surface area (Å²) < 4.78 is 9.95. The zero-order valence-electron chi connectivity index (χ0n) is 11.5. The molecule has 0 heterocycles. The fourth-order valence-corrected chi connectivity index (χ4v) is 1.70. The van der Waals surface area contributed by atoms with Crippen LogP contribution >= 0.6 is 0 Å². The molecule has 114 valence electrons.